The summed E-state index contributed by atoms with van der Waals surface area (Å²) < 4.78 is 6.01. The molecule has 0 amide bonds. The Labute approximate surface area is 215 Å². The lowest BCUT2D eigenvalue weighted by Crippen LogP contribution is -2.29. The Hall–Kier alpha value is -3.41. The van der Waals surface area contributed by atoms with Crippen LogP contribution in [0.4, 0.5) is 0 Å². The Balaban J connectivity index is 1.22. The summed E-state index contributed by atoms with van der Waals surface area (Å²) in [5.74, 6) is 2.42. The minimum absolute atomic E-state index is 0.0173. The van der Waals surface area contributed by atoms with Gasteiger partial charge in [0.25, 0.3) is 5.56 Å². The summed E-state index contributed by atoms with van der Waals surface area (Å²) in [6.45, 7) is 2.25. The van der Waals surface area contributed by atoms with Gasteiger partial charge in [0.05, 0.1) is 16.7 Å². The van der Waals surface area contributed by atoms with Gasteiger partial charge in [-0.15, -0.1) is 0 Å². The number of para-hydroxylation sites is 1. The highest BCUT2D eigenvalue weighted by atomic mass is 35.5. The van der Waals surface area contributed by atoms with Crippen LogP contribution in [0.5, 0.6) is 11.5 Å². The number of H-pyrrole nitrogens is 1. The summed E-state index contributed by atoms with van der Waals surface area (Å²) in [7, 11) is 0. The molecule has 0 radical (unpaired) electrons. The minimum Gasteiger partial charge on any atom is -0.457 e. The molecule has 2 heterocycles. The smallest absolute Gasteiger partial charge is 0.255 e. The molecule has 182 valence electrons. The molecule has 0 unspecified atom stereocenters. The maximum Gasteiger partial charge on any atom is 0.255 e. The van der Waals surface area contributed by atoms with Crippen molar-refractivity contribution >= 4 is 11.6 Å². The van der Waals surface area contributed by atoms with Crippen molar-refractivity contribution < 1.29 is 4.74 Å². The molecule has 36 heavy (non-hydrogen) atoms. The molecule has 1 aliphatic carbocycles. The summed E-state index contributed by atoms with van der Waals surface area (Å²) >= 11 is 6.26. The fourth-order valence-electron chi connectivity index (χ4n) is 5.21. The molecule has 0 atom stereocenters. The number of aryl methyl sites for hydroxylation is 1. The van der Waals surface area contributed by atoms with Gasteiger partial charge in [-0.05, 0) is 79.8 Å². The van der Waals surface area contributed by atoms with Crippen LogP contribution in [-0.2, 0) is 24.9 Å². The molecule has 4 aromatic rings. The predicted octanol–water partition coefficient (Wildman–Crippen LogP) is 6.24. The average molecular weight is 498 g/mol. The van der Waals surface area contributed by atoms with Crippen molar-refractivity contribution in [3.8, 4) is 11.5 Å². The first kappa shape index (κ1) is 23.0. The van der Waals surface area contributed by atoms with Gasteiger partial charge >= 0.3 is 0 Å². The number of fused-ring (bicyclic) bond motifs is 1. The lowest BCUT2D eigenvalue weighted by Gasteiger charge is -2.21. The van der Waals surface area contributed by atoms with E-state index in [2.05, 4.69) is 28.1 Å². The van der Waals surface area contributed by atoms with Crippen molar-refractivity contribution in [1.82, 2.24) is 14.9 Å². The Kier molecular flexibility index (Phi) is 6.12. The van der Waals surface area contributed by atoms with Crippen LogP contribution in [0.3, 0.4) is 0 Å². The van der Waals surface area contributed by atoms with E-state index in [-0.39, 0.29) is 11.0 Å². The third kappa shape index (κ3) is 4.69. The SMILES string of the molecule is O=c1[nH]c(C2(c3cccc(Cl)c3)CC2)nc2c1CN(Cc1cccc(Oc3ccccc3)c1)CCC2. The number of benzene rings is 3. The Morgan fingerprint density at radius 1 is 0.972 bits per heavy atom. The van der Waals surface area contributed by atoms with E-state index in [1.807, 2.05) is 60.7 Å². The number of aromatic amines is 1. The predicted molar refractivity (Wildman–Crippen MR) is 142 cm³/mol. The normalized spacial score (nSPS) is 16.7. The van der Waals surface area contributed by atoms with E-state index in [1.165, 1.54) is 0 Å². The zero-order chi connectivity index (χ0) is 24.5. The van der Waals surface area contributed by atoms with Crippen LogP contribution in [0.2, 0.25) is 5.02 Å². The highest BCUT2D eigenvalue weighted by Crippen LogP contribution is 2.52. The van der Waals surface area contributed by atoms with Gasteiger partial charge < -0.3 is 9.72 Å². The number of hydrogen-bond acceptors (Lipinski definition) is 4. The maximum atomic E-state index is 13.3. The molecule has 1 aliphatic heterocycles. The zero-order valence-corrected chi connectivity index (χ0v) is 20.8. The number of aromatic nitrogens is 2. The number of nitrogens with one attached hydrogen (secondary N) is 1. The molecule has 6 heteroatoms. The lowest BCUT2D eigenvalue weighted by molar-refractivity contribution is 0.260. The summed E-state index contributed by atoms with van der Waals surface area (Å²) in [6, 6.07) is 25.9. The largest absolute Gasteiger partial charge is 0.457 e. The highest BCUT2D eigenvalue weighted by molar-refractivity contribution is 6.30. The van der Waals surface area contributed by atoms with Gasteiger partial charge in [0, 0.05) is 18.1 Å². The molecular weight excluding hydrogens is 470 g/mol. The van der Waals surface area contributed by atoms with Crippen molar-refractivity contribution in [3.05, 3.63) is 122 Å². The average Bonchev–Trinajstić information content (AvgIpc) is 3.70. The van der Waals surface area contributed by atoms with Gasteiger partial charge in [-0.25, -0.2) is 4.98 Å². The van der Waals surface area contributed by atoms with E-state index < -0.39 is 0 Å². The van der Waals surface area contributed by atoms with Crippen molar-refractivity contribution in [2.45, 2.75) is 44.2 Å². The molecule has 5 nitrogen and oxygen atoms in total. The van der Waals surface area contributed by atoms with Gasteiger partial charge in [0.2, 0.25) is 0 Å². The maximum absolute atomic E-state index is 13.3. The third-order valence-corrected chi connectivity index (χ3v) is 7.47. The number of nitrogens with zero attached hydrogens (tertiary/aromatic N) is 2. The van der Waals surface area contributed by atoms with Crippen LogP contribution < -0.4 is 10.3 Å². The van der Waals surface area contributed by atoms with Crippen LogP contribution in [0, 0.1) is 0 Å². The first-order chi connectivity index (χ1) is 17.6. The summed E-state index contributed by atoms with van der Waals surface area (Å²) in [5, 5.41) is 0.713. The van der Waals surface area contributed by atoms with Gasteiger partial charge in [0.1, 0.15) is 17.3 Å². The van der Waals surface area contributed by atoms with Crippen molar-refractivity contribution in [3.63, 3.8) is 0 Å². The molecule has 3 aromatic carbocycles. The molecule has 1 aromatic heterocycles. The first-order valence-electron chi connectivity index (χ1n) is 12.5. The van der Waals surface area contributed by atoms with Gasteiger partial charge in [0.15, 0.2) is 0 Å². The van der Waals surface area contributed by atoms with Gasteiger partial charge in [-0.2, -0.15) is 0 Å². The Bertz CT molecular complexity index is 1450. The van der Waals surface area contributed by atoms with Gasteiger partial charge in [-0.1, -0.05) is 54.1 Å². The number of rotatable bonds is 6. The summed E-state index contributed by atoms with van der Waals surface area (Å²) in [5.41, 5.74) is 3.78. The Morgan fingerprint density at radius 2 is 1.78 bits per heavy atom. The minimum atomic E-state index is -0.218. The van der Waals surface area contributed by atoms with Crippen LogP contribution in [0.15, 0.2) is 83.7 Å². The van der Waals surface area contributed by atoms with E-state index >= 15 is 0 Å². The first-order valence-corrected chi connectivity index (χ1v) is 12.9. The van der Waals surface area contributed by atoms with E-state index in [9.17, 15) is 4.79 Å². The van der Waals surface area contributed by atoms with E-state index in [4.69, 9.17) is 21.3 Å². The molecule has 0 bridgehead atoms. The third-order valence-electron chi connectivity index (χ3n) is 7.23. The number of ether oxygens (including phenoxy) is 1. The monoisotopic (exact) mass is 497 g/mol. The number of halogens is 1. The summed E-state index contributed by atoms with van der Waals surface area (Å²) in [4.78, 5) is 23.8. The second-order valence-electron chi connectivity index (χ2n) is 9.81. The van der Waals surface area contributed by atoms with E-state index in [1.54, 1.807) is 0 Å². The van der Waals surface area contributed by atoms with Crippen LogP contribution in [-0.4, -0.2) is 21.4 Å². The summed E-state index contributed by atoms with van der Waals surface area (Å²) in [6.07, 6.45) is 3.73. The highest BCUT2D eigenvalue weighted by Gasteiger charge is 2.48. The lowest BCUT2D eigenvalue weighted by atomic mass is 9.94. The fourth-order valence-corrected chi connectivity index (χ4v) is 5.40. The molecule has 0 saturated heterocycles. The molecular formula is C30H28ClN3O2. The quantitative estimate of drug-likeness (QED) is 0.342. The second kappa shape index (κ2) is 9.57. The van der Waals surface area contributed by atoms with E-state index in [0.29, 0.717) is 11.6 Å². The van der Waals surface area contributed by atoms with Gasteiger partial charge in [-0.3, -0.25) is 9.69 Å². The molecule has 6 rings (SSSR count). The van der Waals surface area contributed by atoms with Crippen LogP contribution >= 0.6 is 11.6 Å². The fraction of sp³-hybridized carbons (Fsp3) is 0.267. The van der Waals surface area contributed by atoms with Crippen LogP contribution in [0.25, 0.3) is 0 Å². The van der Waals surface area contributed by atoms with Crippen molar-refractivity contribution in [1.29, 1.82) is 0 Å². The molecule has 1 fully saturated rings. The zero-order valence-electron chi connectivity index (χ0n) is 20.0. The van der Waals surface area contributed by atoms with Crippen LogP contribution in [0.1, 0.15) is 47.5 Å². The van der Waals surface area contributed by atoms with E-state index in [0.717, 1.165) is 78.5 Å². The molecule has 1 saturated carbocycles. The molecule has 2 aliphatic rings. The number of hydrogen-bond donors (Lipinski definition) is 1. The van der Waals surface area contributed by atoms with Crippen molar-refractivity contribution in [2.75, 3.05) is 6.54 Å². The topological polar surface area (TPSA) is 58.2 Å². The Morgan fingerprint density at radius 3 is 2.58 bits per heavy atom. The molecule has 1 N–H and O–H groups in total. The van der Waals surface area contributed by atoms with Crippen molar-refractivity contribution in [2.24, 2.45) is 0 Å². The standard InChI is InChI=1S/C30H28ClN3O2/c31-23-9-5-8-22(18-23)30(14-15-30)29-32-27-13-6-16-34(20-26(27)28(35)33-29)19-21-7-4-12-25(17-21)36-24-10-2-1-3-11-24/h1-5,7-12,17-18H,6,13-16,19-20H2,(H,32,33,35). The second-order valence-corrected chi connectivity index (χ2v) is 10.2. The molecule has 0 spiro atoms.